The van der Waals surface area contributed by atoms with Crippen LogP contribution in [0.15, 0.2) is 40.9 Å². The molecule has 3 aromatic rings. The third kappa shape index (κ3) is 1.95. The maximum atomic E-state index is 4.66. The summed E-state index contributed by atoms with van der Waals surface area (Å²) in [5.74, 6) is 0.917. The van der Waals surface area contributed by atoms with Crippen LogP contribution in [0.2, 0.25) is 0 Å². The molecule has 0 radical (unpaired) electrons. The molecular formula is C15H13BrN2. The Kier molecular flexibility index (Phi) is 2.71. The van der Waals surface area contributed by atoms with Gasteiger partial charge < -0.3 is 4.98 Å². The molecule has 1 aromatic heterocycles. The molecule has 0 aliphatic rings. The van der Waals surface area contributed by atoms with Gasteiger partial charge in [-0.05, 0) is 53.5 Å². The van der Waals surface area contributed by atoms with Crippen LogP contribution in [0.1, 0.15) is 11.1 Å². The van der Waals surface area contributed by atoms with Crippen LogP contribution in [-0.4, -0.2) is 9.97 Å². The first-order chi connectivity index (χ1) is 8.63. The second-order valence-electron chi connectivity index (χ2n) is 4.60. The molecule has 0 spiro atoms. The molecule has 0 unspecified atom stereocenters. The van der Waals surface area contributed by atoms with E-state index in [1.165, 1.54) is 11.1 Å². The summed E-state index contributed by atoms with van der Waals surface area (Å²) in [4.78, 5) is 8.04. The molecule has 0 aliphatic carbocycles. The van der Waals surface area contributed by atoms with Crippen LogP contribution in [0.5, 0.6) is 0 Å². The highest BCUT2D eigenvalue weighted by molar-refractivity contribution is 9.10. The number of hydrogen-bond acceptors (Lipinski definition) is 1. The number of H-pyrrole nitrogens is 1. The number of nitrogens with one attached hydrogen (secondary N) is 1. The van der Waals surface area contributed by atoms with E-state index in [0.29, 0.717) is 0 Å². The van der Waals surface area contributed by atoms with Crippen LogP contribution in [0, 0.1) is 13.8 Å². The first kappa shape index (κ1) is 11.5. The fourth-order valence-corrected chi connectivity index (χ4v) is 2.80. The van der Waals surface area contributed by atoms with Crippen LogP contribution in [0.4, 0.5) is 0 Å². The molecule has 1 N–H and O–H groups in total. The predicted octanol–water partition coefficient (Wildman–Crippen LogP) is 4.61. The Morgan fingerprint density at radius 2 is 1.89 bits per heavy atom. The van der Waals surface area contributed by atoms with E-state index in [4.69, 9.17) is 0 Å². The molecule has 18 heavy (non-hydrogen) atoms. The fraction of sp³-hybridized carbons (Fsp3) is 0.133. The summed E-state index contributed by atoms with van der Waals surface area (Å²) in [6.07, 6.45) is 0. The number of imidazole rings is 1. The summed E-state index contributed by atoms with van der Waals surface area (Å²) in [7, 11) is 0. The molecule has 0 fully saturated rings. The van der Waals surface area contributed by atoms with Gasteiger partial charge in [0.05, 0.1) is 5.52 Å². The smallest absolute Gasteiger partial charge is 0.138 e. The minimum Gasteiger partial charge on any atom is -0.338 e. The Hall–Kier alpha value is -1.61. The van der Waals surface area contributed by atoms with E-state index < -0.39 is 0 Å². The van der Waals surface area contributed by atoms with Gasteiger partial charge in [-0.25, -0.2) is 4.98 Å². The summed E-state index contributed by atoms with van der Waals surface area (Å²) in [5.41, 5.74) is 5.63. The molecule has 0 aliphatic heterocycles. The van der Waals surface area contributed by atoms with E-state index in [0.717, 1.165) is 26.9 Å². The first-order valence-electron chi connectivity index (χ1n) is 5.86. The quantitative estimate of drug-likeness (QED) is 0.698. The summed E-state index contributed by atoms with van der Waals surface area (Å²) >= 11 is 3.57. The van der Waals surface area contributed by atoms with Crippen molar-refractivity contribution in [1.82, 2.24) is 9.97 Å². The third-order valence-corrected chi connectivity index (χ3v) is 3.58. The monoisotopic (exact) mass is 300 g/mol. The number of aromatic nitrogens is 2. The van der Waals surface area contributed by atoms with Gasteiger partial charge in [0.2, 0.25) is 0 Å². The fourth-order valence-electron chi connectivity index (χ4n) is 2.14. The maximum absolute atomic E-state index is 4.66. The lowest BCUT2D eigenvalue weighted by Gasteiger charge is -1.97. The number of aromatic amines is 1. The summed E-state index contributed by atoms with van der Waals surface area (Å²) < 4.78 is 1.03. The van der Waals surface area contributed by atoms with Crippen LogP contribution in [0.3, 0.4) is 0 Å². The standard InChI is InChI=1S/C15H13BrN2/c1-9-4-3-5-11(6-9)15-17-13-8-10(2)7-12(16)14(13)18-15/h3-8H,1-2H3,(H,17,18). The molecule has 3 rings (SSSR count). The summed E-state index contributed by atoms with van der Waals surface area (Å²) in [6, 6.07) is 12.6. The lowest BCUT2D eigenvalue weighted by Crippen LogP contribution is -1.80. The van der Waals surface area contributed by atoms with Crippen LogP contribution >= 0.6 is 15.9 Å². The highest BCUT2D eigenvalue weighted by atomic mass is 79.9. The largest absolute Gasteiger partial charge is 0.338 e. The minimum atomic E-state index is 0.917. The van der Waals surface area contributed by atoms with Gasteiger partial charge in [0.25, 0.3) is 0 Å². The zero-order chi connectivity index (χ0) is 12.7. The molecule has 2 aromatic carbocycles. The second-order valence-corrected chi connectivity index (χ2v) is 5.45. The van der Waals surface area contributed by atoms with Crippen molar-refractivity contribution in [2.24, 2.45) is 0 Å². The number of fused-ring (bicyclic) bond motifs is 1. The number of halogens is 1. The van der Waals surface area contributed by atoms with Gasteiger partial charge in [-0.2, -0.15) is 0 Å². The lowest BCUT2D eigenvalue weighted by atomic mass is 10.1. The number of benzene rings is 2. The van der Waals surface area contributed by atoms with E-state index in [2.05, 4.69) is 76.1 Å². The SMILES string of the molecule is Cc1cccc(-c2nc3c(Br)cc(C)cc3[nH]2)c1. The number of aryl methyl sites for hydroxylation is 2. The average molecular weight is 301 g/mol. The van der Waals surface area contributed by atoms with Gasteiger partial charge in [-0.3, -0.25) is 0 Å². The van der Waals surface area contributed by atoms with Crippen LogP contribution in [-0.2, 0) is 0 Å². The van der Waals surface area contributed by atoms with Crippen molar-refractivity contribution in [2.45, 2.75) is 13.8 Å². The Morgan fingerprint density at radius 1 is 1.06 bits per heavy atom. The summed E-state index contributed by atoms with van der Waals surface area (Å²) in [6.45, 7) is 4.17. The second kappa shape index (κ2) is 4.25. The van der Waals surface area contributed by atoms with Crippen molar-refractivity contribution in [1.29, 1.82) is 0 Å². The first-order valence-corrected chi connectivity index (χ1v) is 6.66. The minimum absolute atomic E-state index is 0.917. The van der Waals surface area contributed by atoms with Crippen molar-refractivity contribution in [3.63, 3.8) is 0 Å². The van der Waals surface area contributed by atoms with E-state index >= 15 is 0 Å². The highest BCUT2D eigenvalue weighted by Crippen LogP contribution is 2.27. The molecule has 90 valence electrons. The van der Waals surface area contributed by atoms with Gasteiger partial charge in [-0.1, -0.05) is 23.8 Å². The number of rotatable bonds is 1. The van der Waals surface area contributed by atoms with Crippen molar-refractivity contribution in [3.8, 4) is 11.4 Å². The van der Waals surface area contributed by atoms with Gasteiger partial charge in [0.1, 0.15) is 11.3 Å². The molecule has 0 atom stereocenters. The van der Waals surface area contributed by atoms with Crippen molar-refractivity contribution >= 4 is 27.0 Å². The average Bonchev–Trinajstić information content (AvgIpc) is 2.73. The third-order valence-electron chi connectivity index (χ3n) is 2.98. The topological polar surface area (TPSA) is 28.7 Å². The Balaban J connectivity index is 2.22. The molecule has 0 saturated carbocycles. The number of hydrogen-bond donors (Lipinski definition) is 1. The van der Waals surface area contributed by atoms with Crippen LogP contribution < -0.4 is 0 Å². The molecule has 1 heterocycles. The van der Waals surface area contributed by atoms with E-state index in [1.807, 2.05) is 0 Å². The van der Waals surface area contributed by atoms with E-state index in [1.54, 1.807) is 0 Å². The van der Waals surface area contributed by atoms with Crippen molar-refractivity contribution in [3.05, 3.63) is 52.0 Å². The van der Waals surface area contributed by atoms with Crippen molar-refractivity contribution in [2.75, 3.05) is 0 Å². The van der Waals surface area contributed by atoms with E-state index in [9.17, 15) is 0 Å². The lowest BCUT2D eigenvalue weighted by molar-refractivity contribution is 1.32. The normalized spacial score (nSPS) is 11.1. The molecule has 0 saturated heterocycles. The highest BCUT2D eigenvalue weighted by Gasteiger charge is 2.08. The maximum Gasteiger partial charge on any atom is 0.138 e. The molecule has 0 amide bonds. The van der Waals surface area contributed by atoms with Gasteiger partial charge >= 0.3 is 0 Å². The molecule has 0 bridgehead atoms. The molecule has 3 heteroatoms. The van der Waals surface area contributed by atoms with Gasteiger partial charge in [0, 0.05) is 10.0 Å². The van der Waals surface area contributed by atoms with Crippen LogP contribution in [0.25, 0.3) is 22.4 Å². The Labute approximate surface area is 114 Å². The molecule has 2 nitrogen and oxygen atoms in total. The zero-order valence-electron chi connectivity index (χ0n) is 10.3. The number of nitrogens with zero attached hydrogens (tertiary/aromatic N) is 1. The zero-order valence-corrected chi connectivity index (χ0v) is 11.9. The van der Waals surface area contributed by atoms with Gasteiger partial charge in [-0.15, -0.1) is 0 Å². The Morgan fingerprint density at radius 3 is 2.67 bits per heavy atom. The Bertz CT molecular complexity index is 728. The summed E-state index contributed by atoms with van der Waals surface area (Å²) in [5, 5.41) is 0. The molecular weight excluding hydrogens is 288 g/mol. The van der Waals surface area contributed by atoms with E-state index in [-0.39, 0.29) is 0 Å². The van der Waals surface area contributed by atoms with Gasteiger partial charge in [0.15, 0.2) is 0 Å². The predicted molar refractivity (Wildman–Crippen MR) is 78.7 cm³/mol. The van der Waals surface area contributed by atoms with Crippen molar-refractivity contribution < 1.29 is 0 Å².